The molecule has 0 unspecified atom stereocenters. The Morgan fingerprint density at radius 1 is 1.03 bits per heavy atom. The summed E-state index contributed by atoms with van der Waals surface area (Å²) in [6.45, 7) is 1.61. The molecule has 39 heavy (non-hydrogen) atoms. The van der Waals surface area contributed by atoms with Crippen molar-refractivity contribution in [1.82, 2.24) is 4.72 Å². The number of hydrogen-bond donors (Lipinski definition) is 2. The number of thioether (sulfide) groups is 1. The van der Waals surface area contributed by atoms with Crippen molar-refractivity contribution < 1.29 is 37.1 Å². The second-order valence-corrected chi connectivity index (χ2v) is 11.3. The van der Waals surface area contributed by atoms with Crippen LogP contribution < -0.4 is 9.46 Å². The lowest BCUT2D eigenvalue weighted by atomic mass is 10.0. The molecule has 0 saturated carbocycles. The molecule has 0 aliphatic rings. The molecule has 0 aliphatic heterocycles. The van der Waals surface area contributed by atoms with Gasteiger partial charge in [0.2, 0.25) is 5.78 Å². The van der Waals surface area contributed by atoms with E-state index in [0.29, 0.717) is 28.2 Å². The number of carboxylic acid groups (broad SMARTS) is 1. The van der Waals surface area contributed by atoms with Gasteiger partial charge in [0.25, 0.3) is 15.9 Å². The molecule has 0 atom stereocenters. The summed E-state index contributed by atoms with van der Waals surface area (Å²) >= 11 is 1.36. The summed E-state index contributed by atoms with van der Waals surface area (Å²) in [6, 6.07) is 17.5. The van der Waals surface area contributed by atoms with E-state index in [1.165, 1.54) is 43.1 Å². The molecule has 0 bridgehead atoms. The fourth-order valence-electron chi connectivity index (χ4n) is 4.01. The number of aliphatic carboxylic acids is 1. The highest BCUT2D eigenvalue weighted by Crippen LogP contribution is 2.32. The lowest BCUT2D eigenvalue weighted by Gasteiger charge is -2.12. The van der Waals surface area contributed by atoms with Gasteiger partial charge in [-0.05, 0) is 42.8 Å². The number of para-hydroxylation sites is 1. The Hall–Kier alpha value is -4.09. The third kappa shape index (κ3) is 6.15. The van der Waals surface area contributed by atoms with E-state index >= 15 is 0 Å². The molecule has 3 aromatic carbocycles. The smallest absolute Gasteiger partial charge is 0.304 e. The lowest BCUT2D eigenvalue weighted by molar-refractivity contribution is -0.136. The number of carbonyl (C=O) groups excluding carboxylic acids is 2. The van der Waals surface area contributed by atoms with Crippen LogP contribution in [0.4, 0.5) is 0 Å². The maximum Gasteiger partial charge on any atom is 0.304 e. The number of rotatable bonds is 11. The van der Waals surface area contributed by atoms with E-state index in [1.54, 1.807) is 37.3 Å². The first kappa shape index (κ1) is 27.9. The van der Waals surface area contributed by atoms with E-state index in [1.807, 2.05) is 12.1 Å². The number of carbonyl (C=O) groups is 3. The third-order valence-corrected chi connectivity index (χ3v) is 8.40. The second kappa shape index (κ2) is 11.7. The Morgan fingerprint density at radius 2 is 1.74 bits per heavy atom. The summed E-state index contributed by atoms with van der Waals surface area (Å²) in [6.07, 6.45) is -0.0217. The topological polar surface area (TPSA) is 140 Å². The van der Waals surface area contributed by atoms with Gasteiger partial charge in [-0.25, -0.2) is 13.1 Å². The van der Waals surface area contributed by atoms with Crippen LogP contribution in [-0.2, 0) is 20.6 Å². The number of nitrogens with one attached hydrogen (secondary N) is 1. The van der Waals surface area contributed by atoms with Gasteiger partial charge in [0, 0.05) is 28.0 Å². The first-order chi connectivity index (χ1) is 18.6. The van der Waals surface area contributed by atoms with E-state index in [2.05, 4.69) is 4.72 Å². The van der Waals surface area contributed by atoms with Crippen molar-refractivity contribution in [3.63, 3.8) is 0 Å². The molecule has 4 rings (SSSR count). The van der Waals surface area contributed by atoms with Crippen molar-refractivity contribution in [2.75, 3.05) is 12.9 Å². The normalized spacial score (nSPS) is 11.3. The molecule has 4 aromatic rings. The molecule has 0 saturated heterocycles. The van der Waals surface area contributed by atoms with Crippen LogP contribution in [-0.4, -0.2) is 44.0 Å². The first-order valence-electron chi connectivity index (χ1n) is 11.8. The van der Waals surface area contributed by atoms with Crippen LogP contribution in [0, 0.1) is 6.92 Å². The van der Waals surface area contributed by atoms with Crippen LogP contribution in [0.2, 0.25) is 0 Å². The van der Waals surface area contributed by atoms with Crippen molar-refractivity contribution in [3.05, 3.63) is 94.7 Å². The number of aryl methyl sites for hydroxylation is 1. The van der Waals surface area contributed by atoms with Crippen LogP contribution in [0.25, 0.3) is 11.0 Å². The molecule has 0 aliphatic carbocycles. The quantitative estimate of drug-likeness (QED) is 0.193. The molecule has 1 aromatic heterocycles. The average molecular weight is 568 g/mol. The van der Waals surface area contributed by atoms with E-state index in [4.69, 9.17) is 14.3 Å². The van der Waals surface area contributed by atoms with E-state index < -0.39 is 27.7 Å². The Balaban J connectivity index is 1.68. The zero-order valence-electron chi connectivity index (χ0n) is 21.1. The molecule has 0 spiro atoms. The van der Waals surface area contributed by atoms with Crippen LogP contribution in [0.1, 0.15) is 44.0 Å². The van der Waals surface area contributed by atoms with E-state index in [0.717, 1.165) is 5.39 Å². The van der Waals surface area contributed by atoms with Gasteiger partial charge in [-0.15, -0.1) is 0 Å². The summed E-state index contributed by atoms with van der Waals surface area (Å²) in [5.74, 6) is -1.56. The zero-order chi connectivity index (χ0) is 28.2. The minimum atomic E-state index is -4.19. The van der Waals surface area contributed by atoms with Crippen molar-refractivity contribution in [3.8, 4) is 5.75 Å². The Bertz CT molecular complexity index is 1670. The van der Waals surface area contributed by atoms with Gasteiger partial charge < -0.3 is 14.3 Å². The summed E-state index contributed by atoms with van der Waals surface area (Å²) in [4.78, 5) is 37.6. The highest BCUT2D eigenvalue weighted by Gasteiger charge is 2.26. The van der Waals surface area contributed by atoms with Crippen LogP contribution in [0.3, 0.4) is 0 Å². The number of ketones is 1. The van der Waals surface area contributed by atoms with Gasteiger partial charge >= 0.3 is 5.97 Å². The largest absolute Gasteiger partial charge is 0.496 e. The van der Waals surface area contributed by atoms with Crippen molar-refractivity contribution >= 4 is 50.4 Å². The number of fused-ring (bicyclic) bond motifs is 1. The Labute approximate surface area is 229 Å². The molecule has 1 amide bonds. The average Bonchev–Trinajstić information content (AvgIpc) is 3.28. The van der Waals surface area contributed by atoms with Gasteiger partial charge in [0.15, 0.2) is 5.76 Å². The molecular weight excluding hydrogens is 542 g/mol. The fraction of sp³-hybridized carbons (Fsp3) is 0.179. The Kier molecular flexibility index (Phi) is 8.41. The molecular formula is C28H25NO8S2. The van der Waals surface area contributed by atoms with Gasteiger partial charge in [-0.1, -0.05) is 36.4 Å². The summed E-state index contributed by atoms with van der Waals surface area (Å²) < 4.78 is 39.0. The summed E-state index contributed by atoms with van der Waals surface area (Å²) in [5.41, 5.74) is 1.51. The number of furan rings is 1. The highest BCUT2D eigenvalue weighted by atomic mass is 32.2. The van der Waals surface area contributed by atoms with Crippen LogP contribution in [0.5, 0.6) is 5.75 Å². The van der Waals surface area contributed by atoms with Crippen LogP contribution in [0.15, 0.2) is 76.0 Å². The maximum atomic E-state index is 13.6. The number of benzene rings is 3. The number of sulfonamides is 1. The monoisotopic (exact) mass is 567 g/mol. The number of ether oxygens (including phenoxy) is 1. The van der Waals surface area contributed by atoms with Crippen molar-refractivity contribution in [2.24, 2.45) is 0 Å². The molecule has 11 heteroatoms. The van der Waals surface area contributed by atoms with Gasteiger partial charge in [0.05, 0.1) is 24.0 Å². The molecule has 1 heterocycles. The number of methoxy groups -OCH3 is 1. The minimum Gasteiger partial charge on any atom is -0.496 e. The maximum absolute atomic E-state index is 13.6. The fourth-order valence-corrected chi connectivity index (χ4v) is 6.17. The highest BCUT2D eigenvalue weighted by molar-refractivity contribution is 7.98. The molecule has 202 valence electrons. The molecule has 0 radical (unpaired) electrons. The van der Waals surface area contributed by atoms with Crippen LogP contribution >= 0.6 is 11.8 Å². The molecule has 0 fully saturated rings. The van der Waals surface area contributed by atoms with Gasteiger partial charge in [-0.2, -0.15) is 11.8 Å². The predicted molar refractivity (Wildman–Crippen MR) is 147 cm³/mol. The van der Waals surface area contributed by atoms with Gasteiger partial charge in [-0.3, -0.25) is 14.4 Å². The van der Waals surface area contributed by atoms with Crippen molar-refractivity contribution in [1.29, 1.82) is 0 Å². The number of carboxylic acids is 1. The predicted octanol–water partition coefficient (Wildman–Crippen LogP) is 4.81. The number of hydrogen-bond acceptors (Lipinski definition) is 8. The van der Waals surface area contributed by atoms with E-state index in [9.17, 15) is 22.8 Å². The van der Waals surface area contributed by atoms with Gasteiger partial charge in [0.1, 0.15) is 11.3 Å². The third-order valence-electron chi connectivity index (χ3n) is 5.93. The minimum absolute atomic E-state index is 0.0217. The molecule has 2 N–H and O–H groups in total. The standard InChI is InChI=1S/C28H25NO8S2/c1-17-7-3-6-10-24(17)39(34,35)29-28(33)20-15-18(11-12-22(20)36-2)26(32)27-21(16-38-14-13-25(30)31)19-8-4-5-9-23(19)37-27/h3-12,15H,13-14,16H2,1-2H3,(H,29,33)(H,30,31). The lowest BCUT2D eigenvalue weighted by Crippen LogP contribution is -2.31. The summed E-state index contributed by atoms with van der Waals surface area (Å²) in [5, 5.41) is 9.65. The SMILES string of the molecule is COc1ccc(C(=O)c2oc3ccccc3c2CSCCC(=O)O)cc1C(=O)NS(=O)(=O)c1ccccc1C. The van der Waals surface area contributed by atoms with E-state index in [-0.39, 0.29) is 34.0 Å². The number of amides is 1. The Morgan fingerprint density at radius 3 is 2.46 bits per heavy atom. The summed E-state index contributed by atoms with van der Waals surface area (Å²) in [7, 11) is -2.87. The van der Waals surface area contributed by atoms with Crippen molar-refractivity contribution in [2.45, 2.75) is 24.0 Å². The molecule has 9 nitrogen and oxygen atoms in total. The second-order valence-electron chi connectivity index (χ2n) is 8.55. The first-order valence-corrected chi connectivity index (χ1v) is 14.4. The zero-order valence-corrected chi connectivity index (χ0v) is 22.7.